The van der Waals surface area contributed by atoms with Crippen LogP contribution < -0.4 is 5.32 Å². The van der Waals surface area contributed by atoms with Crippen molar-refractivity contribution in [2.45, 2.75) is 19.1 Å². The topological polar surface area (TPSA) is 55.6 Å². The number of benzene rings is 1. The van der Waals surface area contributed by atoms with Gasteiger partial charge in [0.1, 0.15) is 12.7 Å². The van der Waals surface area contributed by atoms with Crippen LogP contribution in [-0.2, 0) is 13.1 Å². The summed E-state index contributed by atoms with van der Waals surface area (Å²) in [5.74, 6) is 0. The molecule has 2 heterocycles. The Kier molecular flexibility index (Phi) is 4.33. The maximum absolute atomic E-state index is 4.19. The first-order valence-electron chi connectivity index (χ1n) is 6.91. The Hall–Kier alpha value is -2.53. The SMILES string of the molecule is c1ccc([C@@H](Cn2cncn2)NCc2ccncc2)cc1. The fourth-order valence-electron chi connectivity index (χ4n) is 2.23. The second kappa shape index (κ2) is 6.76. The smallest absolute Gasteiger partial charge is 0.137 e. The van der Waals surface area contributed by atoms with Gasteiger partial charge < -0.3 is 5.32 Å². The maximum Gasteiger partial charge on any atom is 0.137 e. The van der Waals surface area contributed by atoms with E-state index in [9.17, 15) is 0 Å². The van der Waals surface area contributed by atoms with E-state index in [2.05, 4.69) is 44.6 Å². The van der Waals surface area contributed by atoms with E-state index in [1.54, 1.807) is 12.7 Å². The van der Waals surface area contributed by atoms with E-state index in [0.717, 1.165) is 13.1 Å². The van der Waals surface area contributed by atoms with Gasteiger partial charge in [0, 0.05) is 18.9 Å². The van der Waals surface area contributed by atoms with Crippen LogP contribution in [0.1, 0.15) is 17.2 Å². The first kappa shape index (κ1) is 13.5. The minimum absolute atomic E-state index is 0.182. The third kappa shape index (κ3) is 3.73. The van der Waals surface area contributed by atoms with Crippen molar-refractivity contribution in [2.24, 2.45) is 0 Å². The second-order valence-electron chi connectivity index (χ2n) is 4.82. The Labute approximate surface area is 123 Å². The molecule has 0 saturated carbocycles. The molecule has 5 nitrogen and oxygen atoms in total. The summed E-state index contributed by atoms with van der Waals surface area (Å²) in [7, 11) is 0. The largest absolute Gasteiger partial charge is 0.304 e. The van der Waals surface area contributed by atoms with Gasteiger partial charge in [-0.05, 0) is 23.3 Å². The Morgan fingerprint density at radius 1 is 1.00 bits per heavy atom. The van der Waals surface area contributed by atoms with Crippen LogP contribution in [0.2, 0.25) is 0 Å². The Bertz CT molecular complexity index is 637. The Balaban J connectivity index is 1.73. The zero-order chi connectivity index (χ0) is 14.3. The molecule has 1 atom stereocenters. The van der Waals surface area contributed by atoms with Crippen molar-refractivity contribution in [3.63, 3.8) is 0 Å². The highest BCUT2D eigenvalue weighted by Crippen LogP contribution is 2.15. The summed E-state index contributed by atoms with van der Waals surface area (Å²) in [6, 6.07) is 14.6. The van der Waals surface area contributed by atoms with Crippen LogP contribution in [0, 0.1) is 0 Å². The van der Waals surface area contributed by atoms with Gasteiger partial charge in [0.2, 0.25) is 0 Å². The van der Waals surface area contributed by atoms with Crippen molar-refractivity contribution in [3.05, 3.63) is 78.6 Å². The molecule has 0 saturated heterocycles. The van der Waals surface area contributed by atoms with E-state index in [0.29, 0.717) is 0 Å². The molecule has 1 N–H and O–H groups in total. The molecule has 0 aliphatic rings. The molecule has 3 aromatic rings. The molecule has 0 bridgehead atoms. The number of hydrogen-bond acceptors (Lipinski definition) is 4. The van der Waals surface area contributed by atoms with Gasteiger partial charge in [-0.2, -0.15) is 5.10 Å². The molecule has 0 fully saturated rings. The van der Waals surface area contributed by atoms with E-state index < -0.39 is 0 Å². The van der Waals surface area contributed by atoms with E-state index in [4.69, 9.17) is 0 Å². The maximum atomic E-state index is 4.19. The summed E-state index contributed by atoms with van der Waals surface area (Å²) in [6.45, 7) is 1.53. The molecule has 0 unspecified atom stereocenters. The summed E-state index contributed by atoms with van der Waals surface area (Å²) in [4.78, 5) is 8.04. The third-order valence-corrected chi connectivity index (χ3v) is 3.34. The van der Waals surface area contributed by atoms with Gasteiger partial charge >= 0.3 is 0 Å². The van der Waals surface area contributed by atoms with Crippen LogP contribution in [-0.4, -0.2) is 19.7 Å². The van der Waals surface area contributed by atoms with E-state index in [-0.39, 0.29) is 6.04 Å². The first-order chi connectivity index (χ1) is 10.4. The molecule has 1 aromatic carbocycles. The molecule has 5 heteroatoms. The zero-order valence-corrected chi connectivity index (χ0v) is 11.6. The lowest BCUT2D eigenvalue weighted by Gasteiger charge is -2.19. The molecule has 0 radical (unpaired) electrons. The Morgan fingerprint density at radius 3 is 2.52 bits per heavy atom. The minimum Gasteiger partial charge on any atom is -0.304 e. The van der Waals surface area contributed by atoms with E-state index >= 15 is 0 Å². The van der Waals surface area contributed by atoms with Crippen molar-refractivity contribution in [1.29, 1.82) is 0 Å². The lowest BCUT2D eigenvalue weighted by atomic mass is 10.1. The molecule has 2 aromatic heterocycles. The van der Waals surface area contributed by atoms with Crippen LogP contribution in [0.3, 0.4) is 0 Å². The number of nitrogens with one attached hydrogen (secondary N) is 1. The van der Waals surface area contributed by atoms with Crippen molar-refractivity contribution >= 4 is 0 Å². The van der Waals surface area contributed by atoms with Crippen LogP contribution in [0.15, 0.2) is 67.5 Å². The molecule has 21 heavy (non-hydrogen) atoms. The van der Waals surface area contributed by atoms with Crippen molar-refractivity contribution in [2.75, 3.05) is 0 Å². The number of aromatic nitrogens is 4. The summed E-state index contributed by atoms with van der Waals surface area (Å²) in [5.41, 5.74) is 2.45. The quantitative estimate of drug-likeness (QED) is 0.751. The number of pyridine rings is 1. The standard InChI is InChI=1S/C16H17N5/c1-2-4-15(5-3-1)16(11-21-13-18-12-20-21)19-10-14-6-8-17-9-7-14/h1-9,12-13,16,19H,10-11H2/t16-/m1/s1. The summed E-state index contributed by atoms with van der Waals surface area (Å²) in [5, 5.41) is 7.77. The lowest BCUT2D eigenvalue weighted by molar-refractivity contribution is 0.436. The average molecular weight is 279 g/mol. The highest BCUT2D eigenvalue weighted by molar-refractivity contribution is 5.19. The monoisotopic (exact) mass is 279 g/mol. The van der Waals surface area contributed by atoms with Crippen molar-refractivity contribution < 1.29 is 0 Å². The molecule has 0 amide bonds. The normalized spacial score (nSPS) is 12.2. The first-order valence-corrected chi connectivity index (χ1v) is 6.91. The van der Waals surface area contributed by atoms with Gasteiger partial charge in [-0.1, -0.05) is 30.3 Å². The predicted octanol–water partition coefficient (Wildman–Crippen LogP) is 2.20. The summed E-state index contributed by atoms with van der Waals surface area (Å²) >= 11 is 0. The summed E-state index contributed by atoms with van der Waals surface area (Å²) in [6.07, 6.45) is 6.92. The fraction of sp³-hybridized carbons (Fsp3) is 0.188. The van der Waals surface area contributed by atoms with Gasteiger partial charge in [0.05, 0.1) is 12.6 Å². The number of hydrogen-bond donors (Lipinski definition) is 1. The van der Waals surface area contributed by atoms with Crippen molar-refractivity contribution in [1.82, 2.24) is 25.1 Å². The minimum atomic E-state index is 0.182. The average Bonchev–Trinajstić information content (AvgIpc) is 3.06. The van der Waals surface area contributed by atoms with Gasteiger partial charge in [0.25, 0.3) is 0 Å². The molecule has 0 aliphatic carbocycles. The van der Waals surface area contributed by atoms with Crippen molar-refractivity contribution in [3.8, 4) is 0 Å². The highest BCUT2D eigenvalue weighted by Gasteiger charge is 2.12. The van der Waals surface area contributed by atoms with Crippen LogP contribution in [0.4, 0.5) is 0 Å². The molecule has 106 valence electrons. The van der Waals surface area contributed by atoms with Crippen LogP contribution >= 0.6 is 0 Å². The molecular weight excluding hydrogens is 262 g/mol. The molecule has 3 rings (SSSR count). The summed E-state index contributed by atoms with van der Waals surface area (Å²) < 4.78 is 1.84. The van der Waals surface area contributed by atoms with Crippen LogP contribution in [0.25, 0.3) is 0 Å². The fourth-order valence-corrected chi connectivity index (χ4v) is 2.23. The zero-order valence-electron chi connectivity index (χ0n) is 11.6. The lowest BCUT2D eigenvalue weighted by Crippen LogP contribution is -2.25. The Morgan fingerprint density at radius 2 is 1.81 bits per heavy atom. The van der Waals surface area contributed by atoms with Gasteiger partial charge in [-0.15, -0.1) is 0 Å². The second-order valence-corrected chi connectivity index (χ2v) is 4.82. The third-order valence-electron chi connectivity index (χ3n) is 3.34. The number of nitrogens with zero attached hydrogens (tertiary/aromatic N) is 4. The highest BCUT2D eigenvalue weighted by atomic mass is 15.3. The van der Waals surface area contributed by atoms with Gasteiger partial charge in [-0.3, -0.25) is 9.67 Å². The van der Waals surface area contributed by atoms with Gasteiger partial charge in [0.15, 0.2) is 0 Å². The molecule has 0 aliphatic heterocycles. The van der Waals surface area contributed by atoms with Crippen LogP contribution in [0.5, 0.6) is 0 Å². The van der Waals surface area contributed by atoms with E-state index in [1.165, 1.54) is 11.1 Å². The molecule has 0 spiro atoms. The van der Waals surface area contributed by atoms with Gasteiger partial charge in [-0.25, -0.2) is 4.98 Å². The van der Waals surface area contributed by atoms with E-state index in [1.807, 2.05) is 35.3 Å². The predicted molar refractivity (Wildman–Crippen MR) is 80.3 cm³/mol. The number of rotatable bonds is 6. The molecular formula is C16H17N5.